The number of rotatable bonds is 9. The van der Waals surface area contributed by atoms with E-state index in [9.17, 15) is 34.8 Å². The summed E-state index contributed by atoms with van der Waals surface area (Å²) in [6, 6.07) is 0. The molecule has 0 aliphatic carbocycles. The first-order chi connectivity index (χ1) is 10.0. The lowest BCUT2D eigenvalue weighted by molar-refractivity contribution is 0.00269. The fourth-order valence-corrected chi connectivity index (χ4v) is 1.72. The fraction of sp³-hybridized carbons (Fsp3) is 0.818. The molecule has 0 aliphatic heterocycles. The lowest BCUT2D eigenvalue weighted by Gasteiger charge is -2.21. The summed E-state index contributed by atoms with van der Waals surface area (Å²) in [5.41, 5.74) is 4.91. The van der Waals surface area contributed by atoms with Crippen LogP contribution < -0.4 is 5.73 Å². The van der Waals surface area contributed by atoms with Crippen LogP contribution in [0.2, 0.25) is 0 Å². The third-order valence-electron chi connectivity index (χ3n) is 2.22. The molecule has 0 radical (unpaired) electrons. The van der Waals surface area contributed by atoms with Crippen LogP contribution in [0.4, 0.5) is 26.3 Å². The molecule has 0 aromatic carbocycles. The van der Waals surface area contributed by atoms with Crippen molar-refractivity contribution in [2.45, 2.75) is 37.3 Å². The molecule has 11 heteroatoms. The molecule has 0 saturated heterocycles. The second-order valence-electron chi connectivity index (χ2n) is 4.12. The summed E-state index contributed by atoms with van der Waals surface area (Å²) in [6.07, 6.45) is -14.8. The zero-order valence-electron chi connectivity index (χ0n) is 11.5. The van der Waals surface area contributed by atoms with Gasteiger partial charge in [0.2, 0.25) is 0 Å². The Hall–Kier alpha value is -0.810. The molecular formula is C11H19F6NO3S. The van der Waals surface area contributed by atoms with Crippen LogP contribution in [0, 0.1) is 0 Å². The van der Waals surface area contributed by atoms with Crippen molar-refractivity contribution in [1.82, 2.24) is 0 Å². The number of alkyl halides is 6. The lowest BCUT2D eigenvalue weighted by Crippen LogP contribution is -2.42. The zero-order valence-corrected chi connectivity index (χ0v) is 12.3. The van der Waals surface area contributed by atoms with Crippen molar-refractivity contribution >= 4 is 10.1 Å². The van der Waals surface area contributed by atoms with E-state index in [-0.39, 0.29) is 0 Å². The van der Waals surface area contributed by atoms with Crippen LogP contribution in [0.25, 0.3) is 0 Å². The molecule has 5 unspecified atom stereocenters. The highest BCUT2D eigenvalue weighted by Crippen LogP contribution is 2.23. The predicted molar refractivity (Wildman–Crippen MR) is 70.7 cm³/mol. The zero-order chi connectivity index (χ0) is 17.9. The summed E-state index contributed by atoms with van der Waals surface area (Å²) >= 11 is 0. The average Bonchev–Trinajstić information content (AvgIpc) is 2.43. The van der Waals surface area contributed by atoms with Crippen LogP contribution in [-0.2, 0) is 10.1 Å². The van der Waals surface area contributed by atoms with E-state index in [0.29, 0.717) is 6.54 Å². The Morgan fingerprint density at radius 2 is 1.45 bits per heavy atom. The Morgan fingerprint density at radius 1 is 1.05 bits per heavy atom. The summed E-state index contributed by atoms with van der Waals surface area (Å²) in [5.74, 6) is -1.78. The molecule has 0 heterocycles. The molecule has 5 atom stereocenters. The van der Waals surface area contributed by atoms with Gasteiger partial charge < -0.3 is 5.73 Å². The Morgan fingerprint density at radius 3 is 1.77 bits per heavy atom. The van der Waals surface area contributed by atoms with Gasteiger partial charge in [0.1, 0.15) is 11.9 Å². The summed E-state index contributed by atoms with van der Waals surface area (Å²) in [6.45, 7) is 2.63. The van der Waals surface area contributed by atoms with Gasteiger partial charge in [0, 0.05) is 13.0 Å². The van der Waals surface area contributed by atoms with Gasteiger partial charge in [-0.2, -0.15) is 8.42 Å². The highest BCUT2D eigenvalue weighted by Gasteiger charge is 2.41. The van der Waals surface area contributed by atoms with Gasteiger partial charge in [-0.3, -0.25) is 8.94 Å². The van der Waals surface area contributed by atoms with Crippen molar-refractivity contribution < 1.29 is 39.3 Å². The third-order valence-corrected chi connectivity index (χ3v) is 2.96. The maximum atomic E-state index is 13.0. The first-order valence-corrected chi connectivity index (χ1v) is 7.65. The molecule has 0 saturated carbocycles. The van der Waals surface area contributed by atoms with Gasteiger partial charge >= 0.3 is 0 Å². The van der Waals surface area contributed by atoms with Gasteiger partial charge in [0.15, 0.2) is 24.7 Å². The number of hydrogen-bond acceptors (Lipinski definition) is 3. The van der Waals surface area contributed by atoms with E-state index < -0.39 is 59.8 Å². The Balaban J connectivity index is 0. The average molecular weight is 359 g/mol. The molecule has 0 amide bonds. The standard InChI is InChI=1S/C8H12F6O3S.C3H7N/c9-2-1-4(10)6(12)8(14)7(13)5(11)3-18(15,16)17;1-2-3-4/h4-8H,1-3H2,(H,15,16,17);2H,1,3-4H2. The summed E-state index contributed by atoms with van der Waals surface area (Å²) in [5, 5.41) is 0. The van der Waals surface area contributed by atoms with Crippen LogP contribution >= 0.6 is 0 Å². The van der Waals surface area contributed by atoms with Gasteiger partial charge in [-0.25, -0.2) is 22.0 Å². The summed E-state index contributed by atoms with van der Waals surface area (Å²) in [4.78, 5) is 0. The predicted octanol–water partition coefficient (Wildman–Crippen LogP) is 2.06. The second kappa shape index (κ2) is 11.7. The van der Waals surface area contributed by atoms with Crippen molar-refractivity contribution in [3.63, 3.8) is 0 Å². The first kappa shape index (κ1) is 23.5. The SMILES string of the molecule is C=CCN.O=S(=O)(O)CC(F)C(F)C(F)C(F)C(F)CCF. The van der Waals surface area contributed by atoms with Gasteiger partial charge in [0.25, 0.3) is 10.1 Å². The van der Waals surface area contributed by atoms with Gasteiger partial charge in [-0.05, 0) is 0 Å². The molecule has 0 aromatic rings. The molecule has 0 bridgehead atoms. The summed E-state index contributed by atoms with van der Waals surface area (Å²) < 4.78 is 105. The molecule has 0 rings (SSSR count). The molecule has 134 valence electrons. The minimum absolute atomic E-state index is 0.583. The van der Waals surface area contributed by atoms with E-state index in [0.717, 1.165) is 0 Å². The Kier molecular flexibility index (Phi) is 12.5. The van der Waals surface area contributed by atoms with Crippen molar-refractivity contribution in [2.75, 3.05) is 19.0 Å². The van der Waals surface area contributed by atoms with E-state index in [4.69, 9.17) is 10.3 Å². The molecule has 4 nitrogen and oxygen atoms in total. The largest absolute Gasteiger partial charge is 0.327 e. The van der Waals surface area contributed by atoms with E-state index in [1.54, 1.807) is 6.08 Å². The van der Waals surface area contributed by atoms with Gasteiger partial charge in [-0.15, -0.1) is 6.58 Å². The van der Waals surface area contributed by atoms with Crippen LogP contribution in [0.3, 0.4) is 0 Å². The van der Waals surface area contributed by atoms with E-state index in [1.807, 2.05) is 0 Å². The van der Waals surface area contributed by atoms with E-state index in [1.165, 1.54) is 0 Å². The summed E-state index contributed by atoms with van der Waals surface area (Å²) in [7, 11) is -4.92. The minimum atomic E-state index is -4.92. The van der Waals surface area contributed by atoms with Gasteiger partial charge in [0.05, 0.1) is 6.67 Å². The minimum Gasteiger partial charge on any atom is -0.327 e. The third kappa shape index (κ3) is 10.9. The Labute approximate surface area is 125 Å². The molecule has 0 fully saturated rings. The molecule has 22 heavy (non-hydrogen) atoms. The van der Waals surface area contributed by atoms with Crippen molar-refractivity contribution in [3.8, 4) is 0 Å². The maximum absolute atomic E-state index is 13.0. The molecule has 0 spiro atoms. The molecule has 0 aliphatic rings. The van der Waals surface area contributed by atoms with Gasteiger partial charge in [-0.1, -0.05) is 6.08 Å². The van der Waals surface area contributed by atoms with Crippen LogP contribution in [0.15, 0.2) is 12.7 Å². The monoisotopic (exact) mass is 359 g/mol. The fourth-order valence-electron chi connectivity index (χ4n) is 1.13. The lowest BCUT2D eigenvalue weighted by atomic mass is 10.0. The smallest absolute Gasteiger partial charge is 0.267 e. The van der Waals surface area contributed by atoms with Crippen LogP contribution in [0.1, 0.15) is 6.42 Å². The highest BCUT2D eigenvalue weighted by molar-refractivity contribution is 7.85. The molecular weight excluding hydrogens is 340 g/mol. The molecule has 3 N–H and O–H groups in total. The van der Waals surface area contributed by atoms with E-state index in [2.05, 4.69) is 6.58 Å². The molecule has 0 aromatic heterocycles. The Bertz CT molecular complexity index is 397. The number of hydrogen-bond donors (Lipinski definition) is 2. The first-order valence-electron chi connectivity index (χ1n) is 6.04. The topological polar surface area (TPSA) is 80.4 Å². The second-order valence-corrected chi connectivity index (χ2v) is 5.61. The normalized spacial score (nSPS) is 18.4. The van der Waals surface area contributed by atoms with Crippen LogP contribution in [-0.4, -0.2) is 62.8 Å². The quantitative estimate of drug-likeness (QED) is 0.375. The van der Waals surface area contributed by atoms with Crippen molar-refractivity contribution in [1.29, 1.82) is 0 Å². The maximum Gasteiger partial charge on any atom is 0.267 e. The number of halogens is 6. The van der Waals surface area contributed by atoms with E-state index >= 15 is 0 Å². The van der Waals surface area contributed by atoms with Crippen molar-refractivity contribution in [2.24, 2.45) is 5.73 Å². The highest BCUT2D eigenvalue weighted by atomic mass is 32.2. The number of nitrogens with two attached hydrogens (primary N) is 1. The van der Waals surface area contributed by atoms with Crippen LogP contribution in [0.5, 0.6) is 0 Å². The van der Waals surface area contributed by atoms with Crippen molar-refractivity contribution in [3.05, 3.63) is 12.7 Å².